The Morgan fingerprint density at radius 1 is 1.26 bits per heavy atom. The second-order valence-corrected chi connectivity index (χ2v) is 5.30. The Bertz CT molecular complexity index is 589. The summed E-state index contributed by atoms with van der Waals surface area (Å²) in [4.78, 5) is 0. The Labute approximate surface area is 130 Å². The van der Waals surface area contributed by atoms with Crippen LogP contribution >= 0.6 is 8.25 Å². The number of pyridine rings is 1. The van der Waals surface area contributed by atoms with Crippen molar-refractivity contribution >= 4 is 19.2 Å². The average molecular weight is 393 g/mol. The highest BCUT2D eigenvalue weighted by atomic mass is 127. The molecule has 19 heavy (non-hydrogen) atoms. The summed E-state index contributed by atoms with van der Waals surface area (Å²) in [6.07, 6.45) is 1.85. The lowest BCUT2D eigenvalue weighted by atomic mass is 10.2. The maximum absolute atomic E-state index is 11.6. The highest BCUT2D eigenvalue weighted by molar-refractivity contribution is 7.33. The molecule has 0 saturated carbocycles. The maximum atomic E-state index is 11.6. The average Bonchev–Trinajstić information content (AvgIpc) is 2.29. The van der Waals surface area contributed by atoms with Gasteiger partial charge >= 0.3 is 8.25 Å². The van der Waals surface area contributed by atoms with Crippen LogP contribution in [0.5, 0.6) is 5.75 Å². The van der Waals surface area contributed by atoms with Crippen LogP contribution < -0.4 is 33.1 Å². The lowest BCUT2D eigenvalue weighted by Crippen LogP contribution is -3.00. The summed E-state index contributed by atoms with van der Waals surface area (Å²) in [5.41, 5.74) is 1.02. The lowest BCUT2D eigenvalue weighted by Gasteiger charge is -2.09. The van der Waals surface area contributed by atoms with Gasteiger partial charge in [-0.05, 0) is 32.0 Å². The van der Waals surface area contributed by atoms with Crippen LogP contribution in [0.3, 0.4) is 0 Å². The predicted octanol–water partition coefficient (Wildman–Crippen LogP) is -0.138. The second-order valence-electron chi connectivity index (χ2n) is 4.36. The molecule has 1 aromatic carbocycles. The molecule has 0 bridgehead atoms. The third-order valence-electron chi connectivity index (χ3n) is 2.50. The molecule has 1 unspecified atom stereocenters. The zero-order valence-corrected chi connectivity index (χ0v) is 14.2. The van der Waals surface area contributed by atoms with E-state index < -0.39 is 8.25 Å². The first-order chi connectivity index (χ1) is 8.56. The van der Waals surface area contributed by atoms with Gasteiger partial charge in [0.25, 0.3) is 0 Å². The van der Waals surface area contributed by atoms with E-state index in [1.165, 1.54) is 0 Å². The minimum Gasteiger partial charge on any atom is -1.00 e. The number of rotatable bonds is 4. The number of nitrogens with zero attached hydrogens (tertiary/aromatic N) is 1. The Balaban J connectivity index is 0.00000180. The number of hydrogen-bond donors (Lipinski definition) is 0. The van der Waals surface area contributed by atoms with Crippen molar-refractivity contribution in [2.24, 2.45) is 7.05 Å². The molecule has 0 amide bonds. The third kappa shape index (κ3) is 4.44. The van der Waals surface area contributed by atoms with Crippen LogP contribution in [0.25, 0.3) is 10.9 Å². The molecule has 0 fully saturated rings. The molecule has 0 aliphatic rings. The fourth-order valence-corrected chi connectivity index (χ4v) is 2.45. The van der Waals surface area contributed by atoms with Crippen molar-refractivity contribution in [3.8, 4) is 5.75 Å². The first kappa shape index (κ1) is 16.4. The Hall–Kier alpha value is -0.650. The van der Waals surface area contributed by atoms with Crippen LogP contribution in [0.2, 0.25) is 0 Å². The van der Waals surface area contributed by atoms with Crippen molar-refractivity contribution in [1.82, 2.24) is 0 Å². The zero-order valence-electron chi connectivity index (χ0n) is 11.1. The molecule has 0 radical (unpaired) electrons. The number of aryl methyl sites for hydroxylation is 1. The SMILES string of the molecule is CC(C)O[PH](=O)Oc1ccc2ccc[n+](C)c2c1.[I-]. The molecule has 1 aromatic heterocycles. The van der Waals surface area contributed by atoms with Gasteiger partial charge in [0.15, 0.2) is 6.20 Å². The Kier molecular flexibility index (Phi) is 6.23. The first-order valence-electron chi connectivity index (χ1n) is 5.83. The summed E-state index contributed by atoms with van der Waals surface area (Å²) >= 11 is 0. The lowest BCUT2D eigenvalue weighted by molar-refractivity contribution is -0.644. The highest BCUT2D eigenvalue weighted by Crippen LogP contribution is 2.30. The van der Waals surface area contributed by atoms with Gasteiger partial charge in [-0.15, -0.1) is 0 Å². The van der Waals surface area contributed by atoms with E-state index in [9.17, 15) is 4.57 Å². The number of aromatic nitrogens is 1. The molecule has 0 saturated heterocycles. The van der Waals surface area contributed by atoms with Crippen molar-refractivity contribution in [3.05, 3.63) is 36.5 Å². The molecular formula is C13H17INO3P. The topological polar surface area (TPSA) is 39.4 Å². The Morgan fingerprint density at radius 2 is 2.00 bits per heavy atom. The van der Waals surface area contributed by atoms with Gasteiger partial charge in [-0.1, -0.05) is 0 Å². The normalized spacial score (nSPS) is 12.2. The molecule has 0 spiro atoms. The highest BCUT2D eigenvalue weighted by Gasteiger charge is 2.09. The molecule has 2 rings (SSSR count). The van der Waals surface area contributed by atoms with E-state index in [2.05, 4.69) is 0 Å². The number of benzene rings is 1. The zero-order chi connectivity index (χ0) is 13.1. The van der Waals surface area contributed by atoms with Gasteiger partial charge in [-0.2, -0.15) is 0 Å². The number of halogens is 1. The molecule has 4 nitrogen and oxygen atoms in total. The van der Waals surface area contributed by atoms with E-state index in [1.807, 2.05) is 55.9 Å². The van der Waals surface area contributed by atoms with Crippen LogP contribution in [-0.4, -0.2) is 6.10 Å². The van der Waals surface area contributed by atoms with Crippen LogP contribution in [0.15, 0.2) is 36.5 Å². The van der Waals surface area contributed by atoms with E-state index in [0.29, 0.717) is 5.75 Å². The van der Waals surface area contributed by atoms with Crippen molar-refractivity contribution < 1.29 is 42.2 Å². The predicted molar refractivity (Wildman–Crippen MR) is 71.0 cm³/mol. The Morgan fingerprint density at radius 3 is 2.68 bits per heavy atom. The summed E-state index contributed by atoms with van der Waals surface area (Å²) < 4.78 is 24.0. The second kappa shape index (κ2) is 7.22. The van der Waals surface area contributed by atoms with Crippen molar-refractivity contribution in [1.29, 1.82) is 0 Å². The molecule has 0 N–H and O–H groups in total. The number of fused-ring (bicyclic) bond motifs is 1. The fourth-order valence-electron chi connectivity index (χ4n) is 1.70. The van der Waals surface area contributed by atoms with Gasteiger partial charge in [-0.3, -0.25) is 4.52 Å². The summed E-state index contributed by atoms with van der Waals surface area (Å²) in [7, 11) is -0.523. The van der Waals surface area contributed by atoms with Gasteiger partial charge in [0.05, 0.1) is 12.2 Å². The minimum atomic E-state index is -2.48. The summed E-state index contributed by atoms with van der Waals surface area (Å²) in [6, 6.07) is 9.60. The molecule has 2 aromatic rings. The standard InChI is InChI=1S/C13H17NO3P.HI/c1-10(2)16-18(15)17-12-7-6-11-5-4-8-14(3)13(11)9-12;/h4-10,18H,1-3H3;1H/q+1;/p-1. The summed E-state index contributed by atoms with van der Waals surface area (Å²) in [5.74, 6) is 0.564. The van der Waals surface area contributed by atoms with E-state index >= 15 is 0 Å². The maximum Gasteiger partial charge on any atom is 0.368 e. The molecule has 104 valence electrons. The van der Waals surface area contributed by atoms with Crippen LogP contribution in [0.4, 0.5) is 0 Å². The van der Waals surface area contributed by atoms with Gasteiger partial charge in [0.1, 0.15) is 12.8 Å². The summed E-state index contributed by atoms with van der Waals surface area (Å²) in [6.45, 7) is 3.65. The molecule has 0 aliphatic heterocycles. The van der Waals surface area contributed by atoms with Gasteiger partial charge in [0.2, 0.25) is 5.52 Å². The molecule has 0 aliphatic carbocycles. The monoisotopic (exact) mass is 393 g/mol. The minimum absolute atomic E-state index is 0. The summed E-state index contributed by atoms with van der Waals surface area (Å²) in [5, 5.41) is 1.11. The van der Waals surface area contributed by atoms with Gasteiger partial charge in [-0.25, -0.2) is 9.13 Å². The van der Waals surface area contributed by atoms with E-state index in [-0.39, 0.29) is 30.1 Å². The van der Waals surface area contributed by atoms with E-state index in [1.54, 1.807) is 6.07 Å². The molecular weight excluding hydrogens is 376 g/mol. The van der Waals surface area contributed by atoms with E-state index in [4.69, 9.17) is 9.05 Å². The first-order valence-corrected chi connectivity index (χ1v) is 7.05. The largest absolute Gasteiger partial charge is 1.00 e. The fraction of sp³-hybridized carbons (Fsp3) is 0.308. The third-order valence-corrected chi connectivity index (χ3v) is 3.57. The number of hydrogen-bond acceptors (Lipinski definition) is 3. The molecule has 1 heterocycles. The van der Waals surface area contributed by atoms with Crippen molar-refractivity contribution in [3.63, 3.8) is 0 Å². The van der Waals surface area contributed by atoms with Crippen molar-refractivity contribution in [2.45, 2.75) is 20.0 Å². The smallest absolute Gasteiger partial charge is 0.368 e. The van der Waals surface area contributed by atoms with Gasteiger partial charge in [0, 0.05) is 11.5 Å². The van der Waals surface area contributed by atoms with E-state index in [0.717, 1.165) is 10.9 Å². The quantitative estimate of drug-likeness (QED) is 0.413. The van der Waals surface area contributed by atoms with Crippen molar-refractivity contribution in [2.75, 3.05) is 0 Å². The van der Waals surface area contributed by atoms with Gasteiger partial charge < -0.3 is 28.5 Å². The van der Waals surface area contributed by atoms with Crippen LogP contribution in [0.1, 0.15) is 13.8 Å². The van der Waals surface area contributed by atoms with Crippen LogP contribution in [0, 0.1) is 0 Å². The molecule has 1 atom stereocenters. The molecule has 6 heteroatoms. The van der Waals surface area contributed by atoms with Crippen LogP contribution in [-0.2, 0) is 16.1 Å².